The van der Waals surface area contributed by atoms with Crippen LogP contribution in [0.15, 0.2) is 24.3 Å². The number of benzene rings is 1. The summed E-state index contributed by atoms with van der Waals surface area (Å²) in [6, 6.07) is 8.09. The largest absolute Gasteiger partial charge is 0.342 e. The molecule has 0 saturated carbocycles. The monoisotopic (exact) mass is 368 g/mol. The molecule has 1 aliphatic rings. The zero-order chi connectivity index (χ0) is 18.3. The lowest BCUT2D eigenvalue weighted by Crippen LogP contribution is -2.39. The van der Waals surface area contributed by atoms with E-state index in [1.54, 1.807) is 11.3 Å². The molecule has 0 unspecified atom stereocenters. The molecule has 5 nitrogen and oxygen atoms in total. The summed E-state index contributed by atoms with van der Waals surface area (Å²) in [6.07, 6.45) is 2.06. The molecule has 1 aliphatic heterocycles. The minimum absolute atomic E-state index is 0.118. The molecule has 0 aliphatic carbocycles. The Morgan fingerprint density at radius 1 is 1.31 bits per heavy atom. The van der Waals surface area contributed by atoms with Gasteiger partial charge in [-0.15, -0.1) is 11.3 Å². The molecule has 1 fully saturated rings. The Kier molecular flexibility index (Phi) is 4.53. The Balaban J connectivity index is 1.55. The lowest BCUT2D eigenvalue weighted by atomic mass is 9.97. The smallest absolute Gasteiger partial charge is 0.265 e. The zero-order valence-corrected chi connectivity index (χ0v) is 16.3. The van der Waals surface area contributed by atoms with Gasteiger partial charge in [-0.3, -0.25) is 4.79 Å². The lowest BCUT2D eigenvalue weighted by molar-refractivity contribution is 0.0709. The number of carbonyl (C=O) groups is 1. The Bertz CT molecular complexity index is 909. The molecule has 1 saturated heterocycles. The Morgan fingerprint density at radius 2 is 2.12 bits per heavy atom. The van der Waals surface area contributed by atoms with Crippen LogP contribution in [0.4, 0.5) is 0 Å². The van der Waals surface area contributed by atoms with Crippen LogP contribution in [0.3, 0.4) is 0 Å². The number of hydrogen-bond acceptors (Lipinski definition) is 4. The van der Waals surface area contributed by atoms with Gasteiger partial charge in [-0.25, -0.2) is 9.97 Å². The van der Waals surface area contributed by atoms with Crippen LogP contribution < -0.4 is 0 Å². The molecule has 1 atom stereocenters. The SMILES string of the molecule is Cc1nc(C(C)C)sc1C(=O)N1CCC[C@@H](c2nc3ccccc3[nH]2)C1. The number of aromatic amines is 1. The molecule has 0 bridgehead atoms. The van der Waals surface area contributed by atoms with Crippen molar-refractivity contribution in [2.24, 2.45) is 0 Å². The highest BCUT2D eigenvalue weighted by molar-refractivity contribution is 7.13. The van der Waals surface area contributed by atoms with Crippen LogP contribution in [0.2, 0.25) is 0 Å². The minimum atomic E-state index is 0.118. The van der Waals surface area contributed by atoms with Crippen molar-refractivity contribution in [3.05, 3.63) is 45.7 Å². The highest BCUT2D eigenvalue weighted by Gasteiger charge is 2.29. The van der Waals surface area contributed by atoms with Crippen LogP contribution in [0.25, 0.3) is 11.0 Å². The highest BCUT2D eigenvalue weighted by atomic mass is 32.1. The third-order valence-corrected chi connectivity index (χ3v) is 6.45. The van der Waals surface area contributed by atoms with Crippen LogP contribution in [0.1, 0.15) is 64.7 Å². The number of piperidine rings is 1. The van der Waals surface area contributed by atoms with Gasteiger partial charge in [-0.1, -0.05) is 26.0 Å². The number of aryl methyl sites for hydroxylation is 1. The van der Waals surface area contributed by atoms with E-state index in [-0.39, 0.29) is 11.8 Å². The first kappa shape index (κ1) is 17.2. The van der Waals surface area contributed by atoms with E-state index in [2.05, 4.69) is 23.8 Å². The summed E-state index contributed by atoms with van der Waals surface area (Å²) in [5.74, 6) is 1.73. The number of H-pyrrole nitrogens is 1. The number of nitrogens with zero attached hydrogens (tertiary/aromatic N) is 3. The van der Waals surface area contributed by atoms with Gasteiger partial charge in [0.1, 0.15) is 10.7 Å². The summed E-state index contributed by atoms with van der Waals surface area (Å²) < 4.78 is 0. The van der Waals surface area contributed by atoms with Gasteiger partial charge in [-0.05, 0) is 31.9 Å². The molecule has 1 aromatic carbocycles. The maximum atomic E-state index is 13.1. The number of rotatable bonds is 3. The van der Waals surface area contributed by atoms with Crippen molar-refractivity contribution >= 4 is 28.3 Å². The Morgan fingerprint density at radius 3 is 2.85 bits per heavy atom. The molecular formula is C20H24N4OS. The topological polar surface area (TPSA) is 61.9 Å². The van der Waals surface area contributed by atoms with E-state index in [4.69, 9.17) is 4.98 Å². The fraction of sp³-hybridized carbons (Fsp3) is 0.450. The van der Waals surface area contributed by atoms with E-state index < -0.39 is 0 Å². The second-order valence-electron chi connectivity index (χ2n) is 7.35. The molecule has 26 heavy (non-hydrogen) atoms. The van der Waals surface area contributed by atoms with Crippen molar-refractivity contribution in [3.63, 3.8) is 0 Å². The summed E-state index contributed by atoms with van der Waals surface area (Å²) in [4.78, 5) is 28.6. The summed E-state index contributed by atoms with van der Waals surface area (Å²) in [6.45, 7) is 7.70. The maximum absolute atomic E-state index is 13.1. The number of imidazole rings is 1. The number of likely N-dealkylation sites (tertiary alicyclic amines) is 1. The first-order valence-corrected chi connectivity index (χ1v) is 10.1. The second kappa shape index (κ2) is 6.83. The van der Waals surface area contributed by atoms with E-state index in [1.165, 1.54) is 0 Å². The van der Waals surface area contributed by atoms with Crippen molar-refractivity contribution in [1.29, 1.82) is 0 Å². The van der Waals surface area contributed by atoms with Crippen LogP contribution in [-0.4, -0.2) is 38.8 Å². The first-order valence-electron chi connectivity index (χ1n) is 9.24. The molecule has 1 amide bonds. The fourth-order valence-corrected chi connectivity index (χ4v) is 4.59. The third kappa shape index (κ3) is 3.14. The molecule has 3 heterocycles. The number of para-hydroxylation sites is 2. The van der Waals surface area contributed by atoms with Gasteiger partial charge >= 0.3 is 0 Å². The number of aromatic nitrogens is 3. The normalized spacial score (nSPS) is 18.0. The minimum Gasteiger partial charge on any atom is -0.342 e. The molecule has 0 radical (unpaired) electrons. The van der Waals surface area contributed by atoms with Gasteiger partial charge in [0.25, 0.3) is 5.91 Å². The maximum Gasteiger partial charge on any atom is 0.265 e. The van der Waals surface area contributed by atoms with Crippen molar-refractivity contribution in [2.75, 3.05) is 13.1 Å². The van der Waals surface area contributed by atoms with E-state index in [9.17, 15) is 4.79 Å². The summed E-state index contributed by atoms with van der Waals surface area (Å²) in [7, 11) is 0. The van der Waals surface area contributed by atoms with Gasteiger partial charge in [-0.2, -0.15) is 0 Å². The highest BCUT2D eigenvalue weighted by Crippen LogP contribution is 2.30. The van der Waals surface area contributed by atoms with Crippen molar-refractivity contribution in [1.82, 2.24) is 19.9 Å². The molecular weight excluding hydrogens is 344 g/mol. The van der Waals surface area contributed by atoms with E-state index in [1.807, 2.05) is 36.1 Å². The summed E-state index contributed by atoms with van der Waals surface area (Å²) >= 11 is 1.54. The average Bonchev–Trinajstić information content (AvgIpc) is 3.25. The summed E-state index contributed by atoms with van der Waals surface area (Å²) in [5.41, 5.74) is 2.91. The number of amides is 1. The predicted octanol–water partition coefficient (Wildman–Crippen LogP) is 4.47. The molecule has 4 rings (SSSR count). The van der Waals surface area contributed by atoms with Gasteiger partial charge in [0.05, 0.1) is 21.7 Å². The first-order chi connectivity index (χ1) is 12.5. The van der Waals surface area contributed by atoms with Crippen LogP contribution >= 0.6 is 11.3 Å². The molecule has 0 spiro atoms. The molecule has 2 aromatic heterocycles. The lowest BCUT2D eigenvalue weighted by Gasteiger charge is -2.31. The van der Waals surface area contributed by atoms with Crippen LogP contribution in [0, 0.1) is 6.92 Å². The van der Waals surface area contributed by atoms with E-state index in [0.29, 0.717) is 12.5 Å². The quantitative estimate of drug-likeness (QED) is 0.742. The van der Waals surface area contributed by atoms with Crippen molar-refractivity contribution in [3.8, 4) is 0 Å². The molecule has 136 valence electrons. The number of nitrogens with one attached hydrogen (secondary N) is 1. The standard InChI is InChI=1S/C20H24N4OS/c1-12(2)19-21-13(3)17(26-19)20(25)24-10-6-7-14(11-24)18-22-15-8-4-5-9-16(15)23-18/h4-5,8-9,12,14H,6-7,10-11H2,1-3H3,(H,22,23)/t14-/m1/s1. The third-order valence-electron chi connectivity index (χ3n) is 5.00. The number of thiazole rings is 1. The average molecular weight is 369 g/mol. The molecule has 3 aromatic rings. The Labute approximate surface area is 157 Å². The van der Waals surface area contributed by atoms with E-state index in [0.717, 1.165) is 51.8 Å². The predicted molar refractivity (Wildman–Crippen MR) is 105 cm³/mol. The van der Waals surface area contributed by atoms with Crippen molar-refractivity contribution in [2.45, 2.75) is 45.4 Å². The van der Waals surface area contributed by atoms with Gasteiger partial charge in [0.15, 0.2) is 0 Å². The fourth-order valence-electron chi connectivity index (χ4n) is 3.56. The molecule has 6 heteroatoms. The van der Waals surface area contributed by atoms with Gasteiger partial charge in [0, 0.05) is 24.9 Å². The van der Waals surface area contributed by atoms with Gasteiger partial charge in [0.2, 0.25) is 0 Å². The number of hydrogen-bond donors (Lipinski definition) is 1. The number of carbonyl (C=O) groups excluding carboxylic acids is 1. The van der Waals surface area contributed by atoms with Crippen LogP contribution in [-0.2, 0) is 0 Å². The van der Waals surface area contributed by atoms with Crippen LogP contribution in [0.5, 0.6) is 0 Å². The van der Waals surface area contributed by atoms with Gasteiger partial charge < -0.3 is 9.88 Å². The zero-order valence-electron chi connectivity index (χ0n) is 15.5. The Hall–Kier alpha value is -2.21. The number of fused-ring (bicyclic) bond motifs is 1. The summed E-state index contributed by atoms with van der Waals surface area (Å²) in [5, 5.41) is 1.04. The van der Waals surface area contributed by atoms with E-state index >= 15 is 0 Å². The second-order valence-corrected chi connectivity index (χ2v) is 8.38. The van der Waals surface area contributed by atoms with Crippen molar-refractivity contribution < 1.29 is 4.79 Å². The molecule has 1 N–H and O–H groups in total.